The molecule has 0 saturated carbocycles. The number of thiophene rings is 1. The van der Waals surface area contributed by atoms with Crippen molar-refractivity contribution in [1.29, 1.82) is 0 Å². The summed E-state index contributed by atoms with van der Waals surface area (Å²) in [5.74, 6) is -1.29. The summed E-state index contributed by atoms with van der Waals surface area (Å²) in [6.45, 7) is 3.60. The van der Waals surface area contributed by atoms with Crippen molar-refractivity contribution in [3.63, 3.8) is 0 Å². The first-order valence-electron chi connectivity index (χ1n) is 7.66. The Morgan fingerprint density at radius 2 is 1.88 bits per heavy atom. The van der Waals surface area contributed by atoms with E-state index in [4.69, 9.17) is 0 Å². The van der Waals surface area contributed by atoms with Gasteiger partial charge in [0.15, 0.2) is 0 Å². The number of hydrogen-bond acceptors (Lipinski definition) is 6. The number of carboxylic acids is 1. The van der Waals surface area contributed by atoms with Crippen LogP contribution < -0.4 is 5.32 Å². The van der Waals surface area contributed by atoms with Crippen LogP contribution in [0.25, 0.3) is 0 Å². The van der Waals surface area contributed by atoms with Crippen molar-refractivity contribution < 1.29 is 23.1 Å². The Hall–Kier alpha value is -1.49. The summed E-state index contributed by atoms with van der Waals surface area (Å²) >= 11 is 1.04. The first-order valence-corrected chi connectivity index (χ1v) is 9.92. The Kier molecular flexibility index (Phi) is 4.65. The molecule has 0 aromatic carbocycles. The van der Waals surface area contributed by atoms with Crippen molar-refractivity contribution in [2.24, 2.45) is 0 Å². The second kappa shape index (κ2) is 6.43. The van der Waals surface area contributed by atoms with Gasteiger partial charge in [-0.3, -0.25) is 4.79 Å². The van der Waals surface area contributed by atoms with Crippen molar-refractivity contribution in [2.45, 2.75) is 24.1 Å². The van der Waals surface area contributed by atoms with Gasteiger partial charge in [0.1, 0.15) is 4.21 Å². The summed E-state index contributed by atoms with van der Waals surface area (Å²) < 4.78 is 27.1. The van der Waals surface area contributed by atoms with Gasteiger partial charge in [-0.2, -0.15) is 4.31 Å². The molecule has 1 amide bonds. The van der Waals surface area contributed by atoms with Gasteiger partial charge in [0.2, 0.25) is 5.91 Å². The lowest BCUT2D eigenvalue weighted by Crippen LogP contribution is -2.49. The Morgan fingerprint density at radius 1 is 1.21 bits per heavy atom. The molecule has 132 valence electrons. The van der Waals surface area contributed by atoms with Gasteiger partial charge in [-0.05, 0) is 18.5 Å². The number of hydrogen-bond donors (Lipinski definition) is 2. The quantitative estimate of drug-likeness (QED) is 0.769. The molecule has 10 heteroatoms. The van der Waals surface area contributed by atoms with Crippen molar-refractivity contribution in [3.8, 4) is 0 Å². The molecule has 8 nitrogen and oxygen atoms in total. The van der Waals surface area contributed by atoms with Gasteiger partial charge >= 0.3 is 5.97 Å². The van der Waals surface area contributed by atoms with E-state index < -0.39 is 16.0 Å². The number of carbonyl (C=O) groups excluding carboxylic acids is 1. The number of carbonyl (C=O) groups is 2. The maximum absolute atomic E-state index is 13.0. The van der Waals surface area contributed by atoms with E-state index in [0.717, 1.165) is 16.2 Å². The first kappa shape index (κ1) is 17.3. The second-order valence-electron chi connectivity index (χ2n) is 5.81. The van der Waals surface area contributed by atoms with E-state index in [1.807, 2.05) is 0 Å². The van der Waals surface area contributed by atoms with Gasteiger partial charge in [0, 0.05) is 44.5 Å². The largest absolute Gasteiger partial charge is 0.478 e. The third-order valence-electron chi connectivity index (χ3n) is 4.37. The number of nitrogens with zero attached hydrogens (tertiary/aromatic N) is 2. The summed E-state index contributed by atoms with van der Waals surface area (Å²) in [7, 11) is -3.88. The fraction of sp³-hybridized carbons (Fsp3) is 0.571. The zero-order chi connectivity index (χ0) is 17.5. The monoisotopic (exact) mass is 373 g/mol. The number of nitrogens with one attached hydrogen (secondary N) is 1. The molecule has 2 aliphatic rings. The summed E-state index contributed by atoms with van der Waals surface area (Å²) in [5, 5.41) is 12.7. The van der Waals surface area contributed by atoms with Crippen molar-refractivity contribution in [1.82, 2.24) is 14.5 Å². The molecule has 1 saturated heterocycles. The first-order chi connectivity index (χ1) is 11.3. The predicted molar refractivity (Wildman–Crippen MR) is 87.7 cm³/mol. The molecule has 3 heterocycles. The van der Waals surface area contributed by atoms with Crippen LogP contribution >= 0.6 is 11.3 Å². The molecule has 2 N–H and O–H groups in total. The Labute approximate surface area is 144 Å². The molecule has 3 rings (SSSR count). The fourth-order valence-corrected chi connectivity index (χ4v) is 6.49. The highest BCUT2D eigenvalue weighted by Gasteiger charge is 2.37. The fourth-order valence-electron chi connectivity index (χ4n) is 3.07. The number of rotatable bonds is 3. The van der Waals surface area contributed by atoms with E-state index in [1.54, 1.807) is 4.90 Å². The molecule has 2 aliphatic heterocycles. The number of carboxylic acid groups (broad SMARTS) is 1. The lowest BCUT2D eigenvalue weighted by Gasteiger charge is -2.33. The zero-order valence-corrected chi connectivity index (χ0v) is 14.9. The standard InChI is InChI=1S/C14H19N3O5S2/c1-9(18)16-4-6-17(7-5-16)24(21,22)14-12(13(19)20)10-2-3-15-8-11(10)23-14/h15H,2-8H2,1H3,(H,19,20). The molecule has 1 fully saturated rings. The molecule has 0 bridgehead atoms. The molecule has 1 aromatic rings. The smallest absolute Gasteiger partial charge is 0.338 e. The van der Waals surface area contributed by atoms with E-state index >= 15 is 0 Å². The van der Waals surface area contributed by atoms with Crippen LogP contribution in [0.3, 0.4) is 0 Å². The molecule has 0 atom stereocenters. The van der Waals surface area contributed by atoms with Crippen LogP contribution in [0.5, 0.6) is 0 Å². The SMILES string of the molecule is CC(=O)N1CCN(S(=O)(=O)c2sc3c(c2C(=O)O)CCNC3)CC1. The number of amides is 1. The average molecular weight is 373 g/mol. The van der Waals surface area contributed by atoms with Gasteiger partial charge in [-0.1, -0.05) is 0 Å². The van der Waals surface area contributed by atoms with Gasteiger partial charge in [-0.25, -0.2) is 13.2 Å². The van der Waals surface area contributed by atoms with Crippen LogP contribution in [0.1, 0.15) is 27.7 Å². The second-order valence-corrected chi connectivity index (χ2v) is 9.05. The summed E-state index contributed by atoms with van der Waals surface area (Å²) in [5.41, 5.74) is 0.553. The number of fused-ring (bicyclic) bond motifs is 1. The molecular formula is C14H19N3O5S2. The minimum Gasteiger partial charge on any atom is -0.478 e. The maximum atomic E-state index is 13.0. The van der Waals surface area contributed by atoms with E-state index in [9.17, 15) is 23.1 Å². The third-order valence-corrected chi connectivity index (χ3v) is 7.99. The highest BCUT2D eigenvalue weighted by Crippen LogP contribution is 2.36. The topological polar surface area (TPSA) is 107 Å². The summed E-state index contributed by atoms with van der Waals surface area (Å²) in [6, 6.07) is 0. The number of sulfonamides is 1. The molecule has 0 spiro atoms. The van der Waals surface area contributed by atoms with E-state index in [0.29, 0.717) is 38.2 Å². The third kappa shape index (κ3) is 2.94. The van der Waals surface area contributed by atoms with Crippen LogP contribution in [0.2, 0.25) is 0 Å². The maximum Gasteiger partial charge on any atom is 0.338 e. The summed E-state index contributed by atoms with van der Waals surface area (Å²) in [4.78, 5) is 25.4. The summed E-state index contributed by atoms with van der Waals surface area (Å²) in [6.07, 6.45) is 0.515. The predicted octanol–water partition coefficient (Wildman–Crippen LogP) is -0.0552. The Morgan fingerprint density at radius 3 is 2.46 bits per heavy atom. The molecular weight excluding hydrogens is 354 g/mol. The van der Waals surface area contributed by atoms with Crippen LogP contribution in [0, 0.1) is 0 Å². The van der Waals surface area contributed by atoms with Gasteiger partial charge < -0.3 is 15.3 Å². The van der Waals surface area contributed by atoms with Crippen molar-refractivity contribution in [2.75, 3.05) is 32.7 Å². The molecule has 0 radical (unpaired) electrons. The van der Waals surface area contributed by atoms with Crippen LogP contribution in [-0.4, -0.2) is 67.3 Å². The van der Waals surface area contributed by atoms with E-state index in [2.05, 4.69) is 5.32 Å². The molecule has 0 aliphatic carbocycles. The molecule has 24 heavy (non-hydrogen) atoms. The average Bonchev–Trinajstić information content (AvgIpc) is 2.95. The molecule has 0 unspecified atom stereocenters. The van der Waals surface area contributed by atoms with Gasteiger partial charge in [0.25, 0.3) is 10.0 Å². The highest BCUT2D eigenvalue weighted by atomic mass is 32.2. The van der Waals surface area contributed by atoms with Crippen LogP contribution in [-0.2, 0) is 27.8 Å². The van der Waals surface area contributed by atoms with E-state index in [1.165, 1.54) is 11.2 Å². The van der Waals surface area contributed by atoms with E-state index in [-0.39, 0.29) is 28.8 Å². The minimum atomic E-state index is -3.88. The van der Waals surface area contributed by atoms with Crippen LogP contribution in [0.4, 0.5) is 0 Å². The zero-order valence-electron chi connectivity index (χ0n) is 13.2. The van der Waals surface area contributed by atoms with Crippen molar-refractivity contribution in [3.05, 3.63) is 16.0 Å². The Bertz CT molecular complexity index is 779. The Balaban J connectivity index is 1.95. The van der Waals surface area contributed by atoms with Crippen LogP contribution in [0.15, 0.2) is 4.21 Å². The van der Waals surface area contributed by atoms with Gasteiger partial charge in [0.05, 0.1) is 5.56 Å². The number of piperazine rings is 1. The van der Waals surface area contributed by atoms with Gasteiger partial charge in [-0.15, -0.1) is 11.3 Å². The minimum absolute atomic E-state index is 0.0782. The van der Waals surface area contributed by atoms with Crippen molar-refractivity contribution >= 4 is 33.2 Å². The highest BCUT2D eigenvalue weighted by molar-refractivity contribution is 7.91. The molecule has 1 aromatic heterocycles. The number of aromatic carboxylic acids is 1. The lowest BCUT2D eigenvalue weighted by molar-refractivity contribution is -0.129. The normalized spacial score (nSPS) is 19.1. The lowest BCUT2D eigenvalue weighted by atomic mass is 10.1.